The van der Waals surface area contributed by atoms with Gasteiger partial charge in [0.15, 0.2) is 9.84 Å². The highest BCUT2D eigenvalue weighted by atomic mass is 32.2. The van der Waals surface area contributed by atoms with Crippen molar-refractivity contribution in [2.45, 2.75) is 38.5 Å². The number of sulfone groups is 1. The van der Waals surface area contributed by atoms with E-state index in [4.69, 9.17) is 0 Å². The second kappa shape index (κ2) is 8.27. The van der Waals surface area contributed by atoms with Crippen LogP contribution in [0.15, 0.2) is 24.5 Å². The van der Waals surface area contributed by atoms with Gasteiger partial charge in [0.1, 0.15) is 0 Å². The second-order valence-electron chi connectivity index (χ2n) is 5.98. The van der Waals surface area contributed by atoms with E-state index in [1.807, 2.05) is 18.3 Å². The number of hydrogen-bond acceptors (Lipinski definition) is 4. The molecule has 1 N–H and O–H groups in total. The zero-order chi connectivity index (χ0) is 15.8. The summed E-state index contributed by atoms with van der Waals surface area (Å²) in [5.41, 5.74) is 1.15. The summed E-state index contributed by atoms with van der Waals surface area (Å²) in [5.74, 6) is 1.01. The molecule has 1 fully saturated rings. The molecule has 0 spiro atoms. The minimum absolute atomic E-state index is 0.0722. The standard InChI is InChI=1S/C16H24N2O3S/c19-16(7-1-4-14-5-2-9-17-12-14)18-10-3-6-15-8-11-22(20,21)13-15/h2,5,9,12,15H,1,3-4,6-8,10-11,13H2,(H,18,19). The summed E-state index contributed by atoms with van der Waals surface area (Å²) in [6, 6.07) is 3.92. The van der Waals surface area contributed by atoms with Crippen LogP contribution in [0.25, 0.3) is 0 Å². The normalized spacial score (nSPS) is 19.9. The van der Waals surface area contributed by atoms with Crippen molar-refractivity contribution in [3.63, 3.8) is 0 Å². The first-order chi connectivity index (χ1) is 10.6. The summed E-state index contributed by atoms with van der Waals surface area (Å²) in [5, 5.41) is 2.91. The van der Waals surface area contributed by atoms with Crippen molar-refractivity contribution in [1.82, 2.24) is 10.3 Å². The topological polar surface area (TPSA) is 76.1 Å². The molecule has 1 atom stereocenters. The minimum atomic E-state index is -2.78. The number of rotatable bonds is 8. The average molecular weight is 324 g/mol. The van der Waals surface area contributed by atoms with Crippen molar-refractivity contribution < 1.29 is 13.2 Å². The van der Waals surface area contributed by atoms with Gasteiger partial charge in [0.2, 0.25) is 5.91 Å². The highest BCUT2D eigenvalue weighted by Crippen LogP contribution is 2.22. The Morgan fingerprint density at radius 2 is 2.23 bits per heavy atom. The Balaban J connectivity index is 1.51. The highest BCUT2D eigenvalue weighted by Gasteiger charge is 2.27. The van der Waals surface area contributed by atoms with Gasteiger partial charge in [-0.25, -0.2) is 8.42 Å². The van der Waals surface area contributed by atoms with Gasteiger partial charge in [-0.15, -0.1) is 0 Å². The highest BCUT2D eigenvalue weighted by molar-refractivity contribution is 7.91. The van der Waals surface area contributed by atoms with E-state index >= 15 is 0 Å². The van der Waals surface area contributed by atoms with E-state index in [0.717, 1.165) is 37.7 Å². The van der Waals surface area contributed by atoms with E-state index < -0.39 is 9.84 Å². The molecule has 0 aromatic carbocycles. The van der Waals surface area contributed by atoms with Gasteiger partial charge in [0, 0.05) is 25.4 Å². The molecule has 0 bridgehead atoms. The van der Waals surface area contributed by atoms with Crippen LogP contribution in [0.4, 0.5) is 0 Å². The van der Waals surface area contributed by atoms with Crippen LogP contribution >= 0.6 is 0 Å². The molecule has 0 aliphatic carbocycles. The molecule has 122 valence electrons. The summed E-state index contributed by atoms with van der Waals surface area (Å²) >= 11 is 0. The maximum absolute atomic E-state index is 11.7. The number of carbonyl (C=O) groups is 1. The summed E-state index contributed by atoms with van der Waals surface area (Å²) in [6.07, 6.45) is 8.29. The van der Waals surface area contributed by atoms with Gasteiger partial charge in [-0.3, -0.25) is 9.78 Å². The Kier molecular flexibility index (Phi) is 6.36. The fourth-order valence-electron chi connectivity index (χ4n) is 2.81. The smallest absolute Gasteiger partial charge is 0.220 e. The lowest BCUT2D eigenvalue weighted by Gasteiger charge is -2.08. The van der Waals surface area contributed by atoms with Gasteiger partial charge in [-0.05, 0) is 49.7 Å². The lowest BCUT2D eigenvalue weighted by Crippen LogP contribution is -2.24. The second-order valence-corrected chi connectivity index (χ2v) is 8.20. The molecule has 2 heterocycles. The van der Waals surface area contributed by atoms with Gasteiger partial charge in [0.25, 0.3) is 0 Å². The molecule has 1 aromatic rings. The predicted molar refractivity (Wildman–Crippen MR) is 86.2 cm³/mol. The average Bonchev–Trinajstić information content (AvgIpc) is 2.84. The van der Waals surface area contributed by atoms with E-state index in [1.165, 1.54) is 0 Å². The van der Waals surface area contributed by atoms with Crippen molar-refractivity contribution in [2.24, 2.45) is 5.92 Å². The molecule has 2 rings (SSSR count). The van der Waals surface area contributed by atoms with Gasteiger partial charge < -0.3 is 5.32 Å². The summed E-state index contributed by atoms with van der Waals surface area (Å²) in [7, 11) is -2.78. The van der Waals surface area contributed by atoms with Crippen LogP contribution in [0.2, 0.25) is 0 Å². The lowest BCUT2D eigenvalue weighted by molar-refractivity contribution is -0.121. The largest absolute Gasteiger partial charge is 0.356 e. The Hall–Kier alpha value is -1.43. The van der Waals surface area contributed by atoms with Crippen LogP contribution in [0.3, 0.4) is 0 Å². The third kappa shape index (κ3) is 6.13. The van der Waals surface area contributed by atoms with Crippen molar-refractivity contribution in [3.8, 4) is 0 Å². The molecule has 1 amide bonds. The maximum atomic E-state index is 11.7. The molecule has 1 saturated heterocycles. The van der Waals surface area contributed by atoms with Gasteiger partial charge >= 0.3 is 0 Å². The molecule has 1 unspecified atom stereocenters. The molecule has 1 aliphatic rings. The number of carbonyl (C=O) groups excluding carboxylic acids is 1. The van der Waals surface area contributed by atoms with E-state index in [9.17, 15) is 13.2 Å². The Labute approximate surface area is 132 Å². The fourth-order valence-corrected chi connectivity index (χ4v) is 4.72. The van der Waals surface area contributed by atoms with Gasteiger partial charge in [-0.2, -0.15) is 0 Å². The first kappa shape index (κ1) is 16.9. The minimum Gasteiger partial charge on any atom is -0.356 e. The molecule has 0 saturated carbocycles. The van der Waals surface area contributed by atoms with Gasteiger partial charge in [0.05, 0.1) is 11.5 Å². The molecule has 22 heavy (non-hydrogen) atoms. The molecular formula is C16H24N2O3S. The number of nitrogens with zero attached hydrogens (tertiary/aromatic N) is 1. The predicted octanol–water partition coefficient (Wildman–Crippen LogP) is 1.74. The Morgan fingerprint density at radius 3 is 2.91 bits per heavy atom. The fraction of sp³-hybridized carbons (Fsp3) is 0.625. The van der Waals surface area contributed by atoms with Crippen LogP contribution in [-0.4, -0.2) is 37.4 Å². The molecule has 1 aromatic heterocycles. The number of aromatic nitrogens is 1. The molecule has 0 radical (unpaired) electrons. The van der Waals surface area contributed by atoms with E-state index in [-0.39, 0.29) is 11.8 Å². The van der Waals surface area contributed by atoms with Crippen molar-refractivity contribution in [1.29, 1.82) is 0 Å². The zero-order valence-electron chi connectivity index (χ0n) is 12.8. The Bertz CT molecular complexity index is 572. The molecule has 5 nitrogen and oxygen atoms in total. The van der Waals surface area contributed by atoms with E-state index in [2.05, 4.69) is 10.3 Å². The van der Waals surface area contributed by atoms with Crippen LogP contribution < -0.4 is 5.32 Å². The van der Waals surface area contributed by atoms with Crippen LogP contribution in [0, 0.1) is 5.92 Å². The van der Waals surface area contributed by atoms with Gasteiger partial charge in [-0.1, -0.05) is 6.07 Å². The Morgan fingerprint density at radius 1 is 1.36 bits per heavy atom. The first-order valence-electron chi connectivity index (χ1n) is 7.91. The summed E-state index contributed by atoms with van der Waals surface area (Å²) < 4.78 is 22.7. The monoisotopic (exact) mass is 324 g/mol. The van der Waals surface area contributed by atoms with E-state index in [0.29, 0.717) is 24.5 Å². The van der Waals surface area contributed by atoms with Crippen LogP contribution in [-0.2, 0) is 21.1 Å². The number of nitrogens with one attached hydrogen (secondary N) is 1. The van der Waals surface area contributed by atoms with Crippen LogP contribution in [0.5, 0.6) is 0 Å². The van der Waals surface area contributed by atoms with Crippen molar-refractivity contribution >= 4 is 15.7 Å². The number of hydrogen-bond donors (Lipinski definition) is 1. The summed E-state index contributed by atoms with van der Waals surface area (Å²) in [4.78, 5) is 15.8. The SMILES string of the molecule is O=C(CCCc1cccnc1)NCCCC1CCS(=O)(=O)C1. The first-order valence-corrected chi connectivity index (χ1v) is 9.73. The maximum Gasteiger partial charge on any atom is 0.220 e. The summed E-state index contributed by atoms with van der Waals surface area (Å²) in [6.45, 7) is 0.641. The van der Waals surface area contributed by atoms with Crippen molar-refractivity contribution in [2.75, 3.05) is 18.1 Å². The molecule has 6 heteroatoms. The quantitative estimate of drug-likeness (QED) is 0.739. The third-order valence-corrected chi connectivity index (χ3v) is 5.87. The molecule has 1 aliphatic heterocycles. The third-order valence-electron chi connectivity index (χ3n) is 4.03. The van der Waals surface area contributed by atoms with Crippen LogP contribution in [0.1, 0.15) is 37.7 Å². The van der Waals surface area contributed by atoms with Crippen molar-refractivity contribution in [3.05, 3.63) is 30.1 Å². The number of pyridine rings is 1. The van der Waals surface area contributed by atoms with E-state index in [1.54, 1.807) is 6.20 Å². The number of amides is 1. The number of aryl methyl sites for hydroxylation is 1. The lowest BCUT2D eigenvalue weighted by atomic mass is 10.0. The zero-order valence-corrected chi connectivity index (χ0v) is 13.6. The molecular weight excluding hydrogens is 300 g/mol.